The molecule has 0 aliphatic rings. The molecule has 1 aromatic carbocycles. The summed E-state index contributed by atoms with van der Waals surface area (Å²) in [5.41, 5.74) is 0.884. The number of nitrogens with zero attached hydrogens (tertiary/aromatic N) is 2. The summed E-state index contributed by atoms with van der Waals surface area (Å²) in [5.74, 6) is -1.00. The van der Waals surface area contributed by atoms with Crippen molar-refractivity contribution >= 4 is 33.5 Å². The van der Waals surface area contributed by atoms with Crippen LogP contribution in [0.15, 0.2) is 35.1 Å². The maximum Gasteiger partial charge on any atom is 0.338 e. The van der Waals surface area contributed by atoms with E-state index in [2.05, 4.69) is 21.0 Å². The van der Waals surface area contributed by atoms with E-state index in [0.717, 1.165) is 10.2 Å². The molecule has 2 rings (SSSR count). The van der Waals surface area contributed by atoms with E-state index in [4.69, 9.17) is 16.7 Å². The van der Waals surface area contributed by atoms with Crippen molar-refractivity contribution in [3.63, 3.8) is 0 Å². The lowest BCUT2D eigenvalue weighted by atomic mass is 10.3. The first-order valence-electron chi connectivity index (χ1n) is 4.31. The molecule has 4 nitrogen and oxygen atoms in total. The monoisotopic (exact) mass is 300 g/mol. The van der Waals surface area contributed by atoms with Gasteiger partial charge in [0.2, 0.25) is 0 Å². The minimum atomic E-state index is -1.00. The smallest absolute Gasteiger partial charge is 0.338 e. The van der Waals surface area contributed by atoms with Gasteiger partial charge in [-0.3, -0.25) is 0 Å². The van der Waals surface area contributed by atoms with Gasteiger partial charge < -0.3 is 5.11 Å². The van der Waals surface area contributed by atoms with Gasteiger partial charge in [-0.2, -0.15) is 5.10 Å². The van der Waals surface area contributed by atoms with Gasteiger partial charge in [-0.25, -0.2) is 9.48 Å². The molecule has 16 heavy (non-hydrogen) atoms. The summed E-state index contributed by atoms with van der Waals surface area (Å²) < 4.78 is 2.21. The molecule has 1 N–H and O–H groups in total. The third kappa shape index (κ3) is 2.10. The molecule has 0 fully saturated rings. The number of carboxylic acid groups (broad SMARTS) is 1. The van der Waals surface area contributed by atoms with Crippen LogP contribution in [0.25, 0.3) is 5.69 Å². The maximum atomic E-state index is 10.7. The number of benzene rings is 1. The molecule has 0 radical (unpaired) electrons. The minimum Gasteiger partial charge on any atom is -0.478 e. The fourth-order valence-electron chi connectivity index (χ4n) is 1.20. The van der Waals surface area contributed by atoms with E-state index in [9.17, 15) is 4.79 Å². The van der Waals surface area contributed by atoms with Gasteiger partial charge in [0.1, 0.15) is 0 Å². The summed E-state index contributed by atoms with van der Waals surface area (Å²) in [6.07, 6.45) is 2.74. The van der Waals surface area contributed by atoms with Crippen molar-refractivity contribution in [2.75, 3.05) is 0 Å². The summed E-state index contributed by atoms with van der Waals surface area (Å²) in [6.45, 7) is 0. The van der Waals surface area contributed by atoms with Gasteiger partial charge in [0.05, 0.1) is 22.5 Å². The number of carbonyl (C=O) groups is 1. The largest absolute Gasteiger partial charge is 0.478 e. The van der Waals surface area contributed by atoms with E-state index in [0.29, 0.717) is 5.02 Å². The highest BCUT2D eigenvalue weighted by Gasteiger charge is 2.07. The van der Waals surface area contributed by atoms with Crippen LogP contribution >= 0.6 is 27.5 Å². The van der Waals surface area contributed by atoms with E-state index < -0.39 is 5.97 Å². The first kappa shape index (κ1) is 11.2. The summed E-state index contributed by atoms with van der Waals surface area (Å²) in [7, 11) is 0. The molecule has 0 bridgehead atoms. The zero-order valence-corrected chi connectivity index (χ0v) is 10.2. The van der Waals surface area contributed by atoms with Crippen LogP contribution in [0.4, 0.5) is 0 Å². The standard InChI is InChI=1S/C10H6BrClN2O2/c11-8-3-7(1-2-9(8)12)14-5-6(4-13-14)10(15)16/h1-5H,(H,15,16). The zero-order chi connectivity index (χ0) is 11.7. The van der Waals surface area contributed by atoms with E-state index in [1.54, 1.807) is 18.2 Å². The number of hydrogen-bond acceptors (Lipinski definition) is 2. The van der Waals surface area contributed by atoms with E-state index >= 15 is 0 Å². The van der Waals surface area contributed by atoms with Crippen molar-refractivity contribution in [3.8, 4) is 5.69 Å². The van der Waals surface area contributed by atoms with Crippen LogP contribution in [0.1, 0.15) is 10.4 Å². The van der Waals surface area contributed by atoms with Crippen molar-refractivity contribution in [2.24, 2.45) is 0 Å². The second-order valence-corrected chi connectivity index (χ2v) is 4.34. The van der Waals surface area contributed by atoms with Gasteiger partial charge in [-0.15, -0.1) is 0 Å². The van der Waals surface area contributed by atoms with Crippen molar-refractivity contribution < 1.29 is 9.90 Å². The van der Waals surface area contributed by atoms with Gasteiger partial charge >= 0.3 is 5.97 Å². The summed E-state index contributed by atoms with van der Waals surface area (Å²) in [5, 5.41) is 13.3. The number of halogens is 2. The van der Waals surface area contributed by atoms with E-state index in [1.807, 2.05) is 0 Å². The normalized spacial score (nSPS) is 10.4. The SMILES string of the molecule is O=C(O)c1cnn(-c2ccc(Cl)c(Br)c2)c1. The van der Waals surface area contributed by atoms with Crippen LogP contribution in [0.3, 0.4) is 0 Å². The van der Waals surface area contributed by atoms with Crippen molar-refractivity contribution in [2.45, 2.75) is 0 Å². The Hall–Kier alpha value is -1.33. The number of aromatic carboxylic acids is 1. The average Bonchev–Trinajstić information content (AvgIpc) is 2.71. The lowest BCUT2D eigenvalue weighted by Crippen LogP contribution is -1.95. The summed E-state index contributed by atoms with van der Waals surface area (Å²) in [4.78, 5) is 10.7. The first-order valence-corrected chi connectivity index (χ1v) is 5.48. The fraction of sp³-hybridized carbons (Fsp3) is 0. The molecule has 0 saturated carbocycles. The Morgan fingerprint density at radius 2 is 2.25 bits per heavy atom. The predicted molar refractivity (Wildman–Crippen MR) is 63.2 cm³/mol. The van der Waals surface area contributed by atoms with Crippen LogP contribution in [0.2, 0.25) is 5.02 Å². The average molecular weight is 302 g/mol. The topological polar surface area (TPSA) is 55.1 Å². The minimum absolute atomic E-state index is 0.145. The second-order valence-electron chi connectivity index (χ2n) is 3.08. The molecule has 0 spiro atoms. The Morgan fingerprint density at radius 1 is 1.50 bits per heavy atom. The highest BCUT2D eigenvalue weighted by molar-refractivity contribution is 9.10. The molecule has 0 aliphatic heterocycles. The van der Waals surface area contributed by atoms with Gasteiger partial charge in [-0.1, -0.05) is 11.6 Å². The predicted octanol–water partition coefficient (Wildman–Crippen LogP) is 2.99. The van der Waals surface area contributed by atoms with Crippen LogP contribution in [-0.2, 0) is 0 Å². The lowest BCUT2D eigenvalue weighted by Gasteiger charge is -2.02. The molecule has 1 heterocycles. The molecular formula is C10H6BrClN2O2. The van der Waals surface area contributed by atoms with Crippen molar-refractivity contribution in [1.29, 1.82) is 0 Å². The quantitative estimate of drug-likeness (QED) is 0.927. The van der Waals surface area contributed by atoms with Crippen LogP contribution in [-0.4, -0.2) is 20.9 Å². The molecule has 0 amide bonds. The van der Waals surface area contributed by atoms with Crippen LogP contribution in [0, 0.1) is 0 Å². The molecule has 6 heteroatoms. The number of carboxylic acids is 1. The van der Waals surface area contributed by atoms with Gasteiger partial charge in [0, 0.05) is 10.7 Å². The highest BCUT2D eigenvalue weighted by atomic mass is 79.9. The Labute approximate surface area is 105 Å². The molecule has 82 valence electrons. The Balaban J connectivity index is 2.42. The Kier molecular flexibility index (Phi) is 2.98. The van der Waals surface area contributed by atoms with Crippen molar-refractivity contribution in [3.05, 3.63) is 45.7 Å². The molecular weight excluding hydrogens is 295 g/mol. The van der Waals surface area contributed by atoms with Gasteiger partial charge in [-0.05, 0) is 34.1 Å². The summed E-state index contributed by atoms with van der Waals surface area (Å²) >= 11 is 9.14. The first-order chi connectivity index (χ1) is 7.58. The Morgan fingerprint density at radius 3 is 2.81 bits per heavy atom. The third-order valence-electron chi connectivity index (χ3n) is 2.00. The zero-order valence-electron chi connectivity index (χ0n) is 7.89. The van der Waals surface area contributed by atoms with E-state index in [-0.39, 0.29) is 5.56 Å². The molecule has 0 atom stereocenters. The van der Waals surface area contributed by atoms with E-state index in [1.165, 1.54) is 17.1 Å². The molecule has 0 saturated heterocycles. The van der Waals surface area contributed by atoms with Crippen LogP contribution < -0.4 is 0 Å². The molecule has 0 unspecified atom stereocenters. The Bertz CT molecular complexity index is 554. The second kappa shape index (κ2) is 4.27. The number of aromatic nitrogens is 2. The van der Waals surface area contributed by atoms with Gasteiger partial charge in [0.25, 0.3) is 0 Å². The highest BCUT2D eigenvalue weighted by Crippen LogP contribution is 2.24. The summed E-state index contributed by atoms with van der Waals surface area (Å²) in [6, 6.07) is 5.23. The van der Waals surface area contributed by atoms with Gasteiger partial charge in [0.15, 0.2) is 0 Å². The number of rotatable bonds is 2. The fourth-order valence-corrected chi connectivity index (χ4v) is 1.69. The molecule has 2 aromatic rings. The third-order valence-corrected chi connectivity index (χ3v) is 3.21. The number of hydrogen-bond donors (Lipinski definition) is 1. The molecule has 1 aromatic heterocycles. The van der Waals surface area contributed by atoms with Crippen molar-refractivity contribution in [1.82, 2.24) is 9.78 Å². The lowest BCUT2D eigenvalue weighted by molar-refractivity contribution is 0.0697. The maximum absolute atomic E-state index is 10.7. The molecule has 0 aliphatic carbocycles. The van der Waals surface area contributed by atoms with Crippen LogP contribution in [0.5, 0.6) is 0 Å².